The van der Waals surface area contributed by atoms with Gasteiger partial charge < -0.3 is 5.32 Å². The highest BCUT2D eigenvalue weighted by molar-refractivity contribution is 7.92. The molecule has 282 valence electrons. The number of aromatic nitrogens is 6. The van der Waals surface area contributed by atoms with Crippen molar-refractivity contribution in [2.24, 2.45) is 13.0 Å². The summed E-state index contributed by atoms with van der Waals surface area (Å²) < 4.78 is 117. The second kappa shape index (κ2) is 12.6. The van der Waals surface area contributed by atoms with Crippen molar-refractivity contribution in [2.45, 2.75) is 43.7 Å². The molecule has 8 rings (SSSR count). The van der Waals surface area contributed by atoms with E-state index in [0.717, 1.165) is 29.7 Å². The average molecular weight is 811 g/mol. The summed E-state index contributed by atoms with van der Waals surface area (Å²) in [6, 6.07) is 5.93. The highest BCUT2D eigenvalue weighted by Gasteiger charge is 2.67. The first-order valence-corrected chi connectivity index (χ1v) is 19.2. The molecule has 0 radical (unpaired) electrons. The molecule has 1 amide bonds. The summed E-state index contributed by atoms with van der Waals surface area (Å²) in [5.74, 6) is -8.43. The fraction of sp³-hybridized carbons (Fsp3) is 0.303. The van der Waals surface area contributed by atoms with Crippen LogP contribution in [0.25, 0.3) is 32.4 Å². The van der Waals surface area contributed by atoms with Gasteiger partial charge in [0.25, 0.3) is 12.3 Å². The highest BCUT2D eigenvalue weighted by Crippen LogP contribution is 2.68. The van der Waals surface area contributed by atoms with Gasteiger partial charge in [-0.05, 0) is 48.6 Å². The van der Waals surface area contributed by atoms with Crippen LogP contribution >= 0.6 is 22.9 Å². The third-order valence-corrected chi connectivity index (χ3v) is 11.1. The van der Waals surface area contributed by atoms with Crippen LogP contribution in [0, 0.1) is 17.6 Å². The zero-order valence-electron chi connectivity index (χ0n) is 27.7. The minimum atomic E-state index is -3.83. The highest BCUT2D eigenvalue weighted by atomic mass is 35.5. The van der Waals surface area contributed by atoms with Gasteiger partial charge in [0.2, 0.25) is 15.9 Å². The van der Waals surface area contributed by atoms with Crippen molar-refractivity contribution in [3.8, 4) is 11.1 Å². The molecule has 4 aromatic heterocycles. The third-order valence-electron chi connectivity index (χ3n) is 9.44. The Hall–Kier alpha value is -4.95. The maximum Gasteiger partial charge on any atom is 0.306 e. The van der Waals surface area contributed by atoms with E-state index in [1.54, 1.807) is 12.1 Å². The number of rotatable bonds is 10. The van der Waals surface area contributed by atoms with Crippen LogP contribution in [0.3, 0.4) is 0 Å². The van der Waals surface area contributed by atoms with Gasteiger partial charge in [0.1, 0.15) is 29.6 Å². The number of nitrogens with one attached hydrogen (secondary N) is 3. The Morgan fingerprint density at radius 2 is 1.83 bits per heavy atom. The van der Waals surface area contributed by atoms with Gasteiger partial charge >= 0.3 is 4.87 Å². The zero-order valence-corrected chi connectivity index (χ0v) is 30.1. The van der Waals surface area contributed by atoms with Crippen LogP contribution in [0.15, 0.2) is 41.2 Å². The van der Waals surface area contributed by atoms with Crippen LogP contribution in [0.5, 0.6) is 0 Å². The van der Waals surface area contributed by atoms with Crippen molar-refractivity contribution in [3.05, 3.63) is 90.9 Å². The Morgan fingerprint density at radius 3 is 2.52 bits per heavy atom. The maximum absolute atomic E-state index is 15.3. The number of aryl methyl sites for hydroxylation is 1. The van der Waals surface area contributed by atoms with Crippen molar-refractivity contribution in [2.75, 3.05) is 11.0 Å². The molecule has 1 fully saturated rings. The standard InChI is InChI=1S/C33H25ClF6N8O4S2/c1-47-27-15(3-4-19(34)24(27)31(45-47)46-54(2,51)52)16-10-21-30(43-32(50)53-21)42-25(16)20(7-12-5-13(35)8-14(36)6-12)41-22(49)11-48-28-23(26(44-48)29(37)38)17-9-18(17)33(28,39)40/h3-6,8,10,17-18,20,29H,7,9,11H2,1-2H3,(H,41,49)(H,45,46)(H,42,43,50)/t17?,18-,20+/m1/s1. The number of fused-ring (bicyclic) bond motifs is 5. The van der Waals surface area contributed by atoms with E-state index in [0.29, 0.717) is 21.0 Å². The molecule has 12 nitrogen and oxygen atoms in total. The molecule has 54 heavy (non-hydrogen) atoms. The molecule has 0 spiro atoms. The van der Waals surface area contributed by atoms with Crippen molar-refractivity contribution in [1.29, 1.82) is 0 Å². The molecule has 0 aliphatic heterocycles. The van der Waals surface area contributed by atoms with E-state index in [1.165, 1.54) is 17.8 Å². The molecule has 3 atom stereocenters. The molecule has 6 aromatic rings. The SMILES string of the molecule is Cn1nc(NS(C)(=O)=O)c2c(Cl)ccc(-c3cc4sc(=O)[nH]c4nc3[C@H](Cc3cc(F)cc(F)c3)NC(=O)Cn3nc(C(F)F)c4c3C(F)(F)[C@@H]3CC43)c21. The fourth-order valence-corrected chi connectivity index (χ4v) is 8.81. The maximum atomic E-state index is 15.3. The van der Waals surface area contributed by atoms with Crippen molar-refractivity contribution in [3.63, 3.8) is 0 Å². The second-order valence-electron chi connectivity index (χ2n) is 13.2. The van der Waals surface area contributed by atoms with E-state index in [9.17, 15) is 35.6 Å². The van der Waals surface area contributed by atoms with Gasteiger partial charge in [-0.25, -0.2) is 31.0 Å². The van der Waals surface area contributed by atoms with Crippen LogP contribution in [-0.4, -0.2) is 50.1 Å². The number of sulfonamides is 1. The Labute approximate surface area is 309 Å². The molecule has 2 aliphatic rings. The minimum absolute atomic E-state index is 0.0163. The summed E-state index contributed by atoms with van der Waals surface area (Å²) in [5.41, 5.74) is -0.858. The van der Waals surface area contributed by atoms with E-state index >= 15 is 8.78 Å². The number of anilines is 1. The Bertz CT molecular complexity index is 2710. The summed E-state index contributed by atoms with van der Waals surface area (Å²) in [5, 5.41) is 11.0. The van der Waals surface area contributed by atoms with Gasteiger partial charge in [0.05, 0.1) is 38.6 Å². The quantitative estimate of drug-likeness (QED) is 0.138. The second-order valence-corrected chi connectivity index (χ2v) is 16.4. The number of benzene rings is 2. The fourth-order valence-electron chi connectivity index (χ4n) is 7.36. The van der Waals surface area contributed by atoms with E-state index in [-0.39, 0.29) is 62.6 Å². The Balaban J connectivity index is 1.28. The lowest BCUT2D eigenvalue weighted by atomic mass is 9.94. The first-order valence-electron chi connectivity index (χ1n) is 16.1. The first-order chi connectivity index (χ1) is 25.4. The third kappa shape index (κ3) is 6.18. The number of nitrogens with zero attached hydrogens (tertiary/aromatic N) is 5. The van der Waals surface area contributed by atoms with Gasteiger partial charge in [0.15, 0.2) is 11.5 Å². The minimum Gasteiger partial charge on any atom is -0.346 e. The number of amides is 1. The van der Waals surface area contributed by atoms with Gasteiger partial charge in [-0.1, -0.05) is 29.0 Å². The molecule has 0 saturated heterocycles. The molecular weight excluding hydrogens is 786 g/mol. The lowest BCUT2D eigenvalue weighted by Gasteiger charge is -2.23. The molecule has 2 aliphatic carbocycles. The molecule has 1 saturated carbocycles. The molecular formula is C33H25ClF6N8O4S2. The number of carbonyl (C=O) groups excluding carboxylic acids is 1. The lowest BCUT2D eigenvalue weighted by molar-refractivity contribution is -0.123. The molecule has 1 unspecified atom stereocenters. The molecule has 3 N–H and O–H groups in total. The number of carbonyl (C=O) groups is 1. The number of alkyl halides is 4. The number of hydrogen-bond donors (Lipinski definition) is 3. The van der Waals surface area contributed by atoms with E-state index in [4.69, 9.17) is 11.6 Å². The lowest BCUT2D eigenvalue weighted by Crippen LogP contribution is -2.35. The number of hydrogen-bond acceptors (Lipinski definition) is 8. The topological polar surface area (TPSA) is 157 Å². The van der Waals surface area contributed by atoms with Gasteiger partial charge in [-0.3, -0.25) is 28.7 Å². The van der Waals surface area contributed by atoms with Gasteiger partial charge in [-0.15, -0.1) is 0 Å². The largest absolute Gasteiger partial charge is 0.346 e. The molecule has 0 bridgehead atoms. The Morgan fingerprint density at radius 1 is 1.11 bits per heavy atom. The van der Waals surface area contributed by atoms with Gasteiger partial charge in [0, 0.05) is 35.7 Å². The number of thiazole rings is 1. The summed E-state index contributed by atoms with van der Waals surface area (Å²) in [4.78, 5) is 33.1. The monoisotopic (exact) mass is 810 g/mol. The zero-order chi connectivity index (χ0) is 38.6. The van der Waals surface area contributed by atoms with Crippen LogP contribution in [-0.2, 0) is 40.8 Å². The van der Waals surface area contributed by atoms with Gasteiger partial charge in [-0.2, -0.15) is 19.0 Å². The number of pyridine rings is 1. The normalized spacial score (nSPS) is 18.0. The molecule has 2 aromatic carbocycles. The summed E-state index contributed by atoms with van der Waals surface area (Å²) >= 11 is 7.36. The summed E-state index contributed by atoms with van der Waals surface area (Å²) in [6.45, 7) is -0.918. The van der Waals surface area contributed by atoms with Crippen LogP contribution < -0.4 is 14.9 Å². The van der Waals surface area contributed by atoms with E-state index in [1.807, 2.05) is 0 Å². The van der Waals surface area contributed by atoms with E-state index < -0.39 is 80.6 Å². The first kappa shape index (κ1) is 36.0. The van der Waals surface area contributed by atoms with Crippen LogP contribution in [0.1, 0.15) is 53.0 Å². The smallest absolute Gasteiger partial charge is 0.306 e. The van der Waals surface area contributed by atoms with E-state index in [2.05, 4.69) is 30.2 Å². The number of aromatic amines is 1. The number of H-pyrrole nitrogens is 1. The molecule has 4 heterocycles. The van der Waals surface area contributed by atoms with Crippen molar-refractivity contribution in [1.82, 2.24) is 34.8 Å². The van der Waals surface area contributed by atoms with Crippen LogP contribution in [0.4, 0.5) is 32.2 Å². The van der Waals surface area contributed by atoms with Crippen molar-refractivity contribution < 1.29 is 39.6 Å². The summed E-state index contributed by atoms with van der Waals surface area (Å²) in [7, 11) is -2.32. The van der Waals surface area contributed by atoms with Crippen LogP contribution in [0.2, 0.25) is 5.02 Å². The summed E-state index contributed by atoms with van der Waals surface area (Å²) in [6.07, 6.45) is -2.57. The Kier molecular flexibility index (Phi) is 8.38. The van der Waals surface area contributed by atoms with Crippen molar-refractivity contribution >= 4 is 65.9 Å². The predicted molar refractivity (Wildman–Crippen MR) is 186 cm³/mol. The molecule has 21 heteroatoms. The average Bonchev–Trinajstić information content (AvgIpc) is 3.37. The number of halogens is 7. The predicted octanol–water partition coefficient (Wildman–Crippen LogP) is 6.28.